The van der Waals surface area contributed by atoms with Gasteiger partial charge in [0.2, 0.25) is 0 Å². The van der Waals surface area contributed by atoms with Crippen LogP contribution in [-0.4, -0.2) is 75.7 Å². The summed E-state index contributed by atoms with van der Waals surface area (Å²) in [5.74, 6) is 0.501. The lowest BCUT2D eigenvalue weighted by atomic mass is 9.91. The number of anilines is 1. The summed E-state index contributed by atoms with van der Waals surface area (Å²) in [7, 11) is 0. The van der Waals surface area contributed by atoms with Gasteiger partial charge in [0.25, 0.3) is 5.91 Å². The Hall–Kier alpha value is -3.08. The van der Waals surface area contributed by atoms with Gasteiger partial charge in [-0.25, -0.2) is 19.6 Å². The van der Waals surface area contributed by atoms with E-state index in [0.29, 0.717) is 56.0 Å². The van der Waals surface area contributed by atoms with E-state index in [1.807, 2.05) is 18.4 Å². The number of aliphatic hydroxyl groups is 1. The lowest BCUT2D eigenvalue weighted by molar-refractivity contribution is -0.00676. The molecule has 1 aliphatic rings. The minimum Gasteiger partial charge on any atom is -0.388 e. The van der Waals surface area contributed by atoms with Gasteiger partial charge in [-0.2, -0.15) is 0 Å². The van der Waals surface area contributed by atoms with Gasteiger partial charge in [-0.3, -0.25) is 4.79 Å². The highest BCUT2D eigenvalue weighted by Gasteiger charge is 2.35. The molecule has 0 saturated carbocycles. The number of aromatic nitrogens is 7. The summed E-state index contributed by atoms with van der Waals surface area (Å²) < 4.78 is 3.53. The molecule has 0 atom stereocenters. The largest absolute Gasteiger partial charge is 0.388 e. The third-order valence-corrected chi connectivity index (χ3v) is 5.44. The molecule has 1 fully saturated rings. The monoisotopic (exact) mass is 399 g/mol. The highest BCUT2D eigenvalue weighted by atomic mass is 16.3. The second-order valence-corrected chi connectivity index (χ2v) is 7.23. The van der Waals surface area contributed by atoms with Gasteiger partial charge in [-0.15, -0.1) is 5.10 Å². The van der Waals surface area contributed by atoms with E-state index >= 15 is 0 Å². The average molecular weight is 399 g/mol. The fourth-order valence-corrected chi connectivity index (χ4v) is 3.61. The molecule has 0 aromatic carbocycles. The van der Waals surface area contributed by atoms with Crippen molar-refractivity contribution in [1.29, 1.82) is 0 Å². The standard InChI is InChI=1S/C18H25N9O2/c1-3-25-12-22-14-15(20-11-21-16(14)25)19-10-18(29)5-7-26(8-6-18)17(28)13-9-23-24-27(13)4-2/h9,11-12,29H,3-8,10H2,1-2H3,(H,19,20,21). The van der Waals surface area contributed by atoms with Crippen molar-refractivity contribution < 1.29 is 9.90 Å². The summed E-state index contributed by atoms with van der Waals surface area (Å²) in [5.41, 5.74) is 1.00. The van der Waals surface area contributed by atoms with Gasteiger partial charge in [0.15, 0.2) is 11.5 Å². The average Bonchev–Trinajstić information content (AvgIpc) is 3.39. The molecule has 0 bridgehead atoms. The quantitative estimate of drug-likeness (QED) is 0.615. The lowest BCUT2D eigenvalue weighted by Crippen LogP contribution is -2.50. The maximum atomic E-state index is 12.7. The molecular formula is C18H25N9O2. The molecule has 4 rings (SSSR count). The maximum absolute atomic E-state index is 12.7. The van der Waals surface area contributed by atoms with Crippen LogP contribution in [0.4, 0.5) is 5.82 Å². The fraction of sp³-hybridized carbons (Fsp3) is 0.556. The molecule has 3 aromatic rings. The number of amides is 1. The summed E-state index contributed by atoms with van der Waals surface area (Å²) in [6.07, 6.45) is 5.66. The Kier molecular flexibility index (Phi) is 5.14. The van der Waals surface area contributed by atoms with Gasteiger partial charge in [0.05, 0.1) is 18.1 Å². The molecule has 2 N–H and O–H groups in total. The number of hydrogen-bond acceptors (Lipinski definition) is 8. The van der Waals surface area contributed by atoms with E-state index in [-0.39, 0.29) is 5.91 Å². The number of rotatable bonds is 6. The number of carbonyl (C=O) groups is 1. The molecule has 11 heteroatoms. The molecule has 29 heavy (non-hydrogen) atoms. The molecule has 1 aliphatic heterocycles. The van der Waals surface area contributed by atoms with Crippen molar-refractivity contribution >= 4 is 22.9 Å². The van der Waals surface area contributed by atoms with Crippen LogP contribution in [0.15, 0.2) is 18.9 Å². The number of likely N-dealkylation sites (tertiary alicyclic amines) is 1. The van der Waals surface area contributed by atoms with Crippen molar-refractivity contribution in [3.8, 4) is 0 Å². The lowest BCUT2D eigenvalue weighted by Gasteiger charge is -2.38. The highest BCUT2D eigenvalue weighted by molar-refractivity contribution is 5.92. The summed E-state index contributed by atoms with van der Waals surface area (Å²) >= 11 is 0. The molecular weight excluding hydrogens is 374 g/mol. The van der Waals surface area contributed by atoms with Crippen LogP contribution in [0.5, 0.6) is 0 Å². The van der Waals surface area contributed by atoms with Crippen molar-refractivity contribution in [3.05, 3.63) is 24.5 Å². The Labute approximate surface area is 167 Å². The first kappa shape index (κ1) is 19.2. The zero-order valence-electron chi connectivity index (χ0n) is 16.6. The van der Waals surface area contributed by atoms with E-state index in [1.54, 1.807) is 15.9 Å². The molecule has 0 spiro atoms. The number of fused-ring (bicyclic) bond motifs is 1. The van der Waals surface area contributed by atoms with Crippen LogP contribution in [0.2, 0.25) is 0 Å². The van der Waals surface area contributed by atoms with E-state index in [2.05, 4.69) is 30.6 Å². The molecule has 0 radical (unpaired) electrons. The van der Waals surface area contributed by atoms with Crippen molar-refractivity contribution in [2.75, 3.05) is 25.0 Å². The van der Waals surface area contributed by atoms with Crippen molar-refractivity contribution in [1.82, 2.24) is 39.4 Å². The summed E-state index contributed by atoms with van der Waals surface area (Å²) in [6.45, 7) is 6.56. The van der Waals surface area contributed by atoms with E-state index in [9.17, 15) is 9.90 Å². The predicted octanol–water partition coefficient (Wildman–Crippen LogP) is 0.537. The smallest absolute Gasteiger partial charge is 0.273 e. The number of piperidine rings is 1. The number of aryl methyl sites for hydroxylation is 2. The van der Waals surface area contributed by atoms with Crippen molar-refractivity contribution in [2.24, 2.45) is 0 Å². The topological polar surface area (TPSA) is 127 Å². The molecule has 0 unspecified atom stereocenters. The van der Waals surface area contributed by atoms with Gasteiger partial charge in [-0.05, 0) is 26.7 Å². The van der Waals surface area contributed by atoms with Gasteiger partial charge in [0, 0.05) is 32.7 Å². The van der Waals surface area contributed by atoms with Gasteiger partial charge in [0.1, 0.15) is 17.5 Å². The number of nitrogens with one attached hydrogen (secondary N) is 1. The Morgan fingerprint density at radius 1 is 1.21 bits per heavy atom. The molecule has 11 nitrogen and oxygen atoms in total. The molecule has 0 aliphatic carbocycles. The van der Waals surface area contributed by atoms with Crippen LogP contribution in [-0.2, 0) is 13.1 Å². The maximum Gasteiger partial charge on any atom is 0.273 e. The minimum absolute atomic E-state index is 0.102. The number of nitrogens with zero attached hydrogens (tertiary/aromatic N) is 8. The first-order chi connectivity index (χ1) is 14.0. The van der Waals surface area contributed by atoms with Crippen LogP contribution in [0.25, 0.3) is 11.2 Å². The summed E-state index contributed by atoms with van der Waals surface area (Å²) in [6, 6.07) is 0. The number of carbonyl (C=O) groups excluding carboxylic acids is 1. The van der Waals surface area contributed by atoms with Crippen molar-refractivity contribution in [2.45, 2.75) is 45.4 Å². The van der Waals surface area contributed by atoms with E-state index in [1.165, 1.54) is 12.5 Å². The van der Waals surface area contributed by atoms with Gasteiger partial charge >= 0.3 is 0 Å². The second-order valence-electron chi connectivity index (χ2n) is 7.23. The second kappa shape index (κ2) is 7.74. The van der Waals surface area contributed by atoms with Crippen LogP contribution in [0.3, 0.4) is 0 Å². The Morgan fingerprint density at radius 3 is 2.72 bits per heavy atom. The summed E-state index contributed by atoms with van der Waals surface area (Å²) in [4.78, 5) is 27.4. The van der Waals surface area contributed by atoms with Crippen LogP contribution in [0, 0.1) is 0 Å². The van der Waals surface area contributed by atoms with Crippen LogP contribution in [0.1, 0.15) is 37.2 Å². The molecule has 1 amide bonds. The van der Waals surface area contributed by atoms with Gasteiger partial charge < -0.3 is 19.9 Å². The third-order valence-electron chi connectivity index (χ3n) is 5.44. The minimum atomic E-state index is -0.926. The number of hydrogen-bond donors (Lipinski definition) is 2. The van der Waals surface area contributed by atoms with E-state index in [4.69, 9.17) is 0 Å². The Morgan fingerprint density at radius 2 is 2.00 bits per heavy atom. The van der Waals surface area contributed by atoms with E-state index < -0.39 is 5.60 Å². The predicted molar refractivity (Wildman–Crippen MR) is 105 cm³/mol. The SMILES string of the molecule is CCn1nncc1C(=O)N1CCC(O)(CNc2ncnc3c2ncn3CC)CC1. The van der Waals surface area contributed by atoms with Crippen LogP contribution < -0.4 is 5.32 Å². The molecule has 154 valence electrons. The number of imidazole rings is 1. The molecule has 3 aromatic heterocycles. The first-order valence-electron chi connectivity index (χ1n) is 9.84. The van der Waals surface area contributed by atoms with E-state index in [0.717, 1.165) is 12.2 Å². The van der Waals surface area contributed by atoms with Crippen molar-refractivity contribution in [3.63, 3.8) is 0 Å². The fourth-order valence-electron chi connectivity index (χ4n) is 3.61. The molecule has 1 saturated heterocycles. The zero-order valence-corrected chi connectivity index (χ0v) is 16.6. The highest BCUT2D eigenvalue weighted by Crippen LogP contribution is 2.25. The normalized spacial score (nSPS) is 16.3. The Balaban J connectivity index is 1.39. The zero-order chi connectivity index (χ0) is 20.4. The first-order valence-corrected chi connectivity index (χ1v) is 9.84. The Bertz CT molecular complexity index is 1000. The van der Waals surface area contributed by atoms with Crippen LogP contribution >= 0.6 is 0 Å². The summed E-state index contributed by atoms with van der Waals surface area (Å²) in [5, 5.41) is 21.9. The third kappa shape index (κ3) is 3.65. The molecule has 4 heterocycles. The van der Waals surface area contributed by atoms with Gasteiger partial charge in [-0.1, -0.05) is 5.21 Å².